The van der Waals surface area contributed by atoms with Gasteiger partial charge in [-0.3, -0.25) is 15.1 Å². The molecule has 0 saturated heterocycles. The summed E-state index contributed by atoms with van der Waals surface area (Å²) in [6, 6.07) is 10.8. The monoisotopic (exact) mass is 351 g/mol. The Hall–Kier alpha value is -2.69. The van der Waals surface area contributed by atoms with Crippen molar-refractivity contribution in [3.8, 4) is 0 Å². The van der Waals surface area contributed by atoms with Gasteiger partial charge in [0.05, 0.1) is 10.6 Å². The summed E-state index contributed by atoms with van der Waals surface area (Å²) >= 11 is 0. The van der Waals surface area contributed by atoms with Crippen LogP contribution in [0.15, 0.2) is 41.4 Å². The number of anilines is 1. The number of nitro groups is 1. The molecule has 2 aromatic carbocycles. The fraction of sp³-hybridized carbons (Fsp3) is 0.381. The van der Waals surface area contributed by atoms with E-state index in [9.17, 15) is 10.1 Å². The van der Waals surface area contributed by atoms with E-state index in [0.717, 1.165) is 17.5 Å². The van der Waals surface area contributed by atoms with E-state index in [4.69, 9.17) is 0 Å². The molecular formula is C21H25N3O2. The first kappa shape index (κ1) is 18.1. The zero-order chi connectivity index (χ0) is 19.1. The number of benzene rings is 2. The number of non-ortho nitro benzene ring substituents is 1. The number of aryl methyl sites for hydroxylation is 1. The summed E-state index contributed by atoms with van der Waals surface area (Å²) in [5.74, 6) is 0.474. The average Bonchev–Trinajstić information content (AvgIpc) is 2.58. The Morgan fingerprint density at radius 1 is 1.31 bits per heavy atom. The van der Waals surface area contributed by atoms with E-state index < -0.39 is 4.92 Å². The molecular weight excluding hydrogens is 326 g/mol. The van der Waals surface area contributed by atoms with Gasteiger partial charge in [-0.25, -0.2) is 0 Å². The molecule has 0 amide bonds. The highest BCUT2D eigenvalue weighted by molar-refractivity contribution is 5.86. The fourth-order valence-electron chi connectivity index (χ4n) is 3.70. The van der Waals surface area contributed by atoms with Crippen LogP contribution in [0.4, 0.5) is 17.1 Å². The van der Waals surface area contributed by atoms with Crippen molar-refractivity contribution in [2.45, 2.75) is 45.6 Å². The first-order valence-corrected chi connectivity index (χ1v) is 8.86. The predicted octanol–water partition coefficient (Wildman–Crippen LogP) is 5.38. The van der Waals surface area contributed by atoms with Gasteiger partial charge in [0.1, 0.15) is 0 Å². The molecule has 0 aliphatic carbocycles. The lowest BCUT2D eigenvalue weighted by molar-refractivity contribution is -0.384. The number of aliphatic imine (C=N–C) groups is 1. The SMILES string of the molecule is Cc1cc2c(cc1C=Nc1cccc([N+](=O)[O-])c1)C(C)CC(C)(C)N2C. The molecule has 0 bridgehead atoms. The van der Waals surface area contributed by atoms with Crippen LogP contribution in [0.2, 0.25) is 0 Å². The lowest BCUT2D eigenvalue weighted by atomic mass is 9.79. The van der Waals surface area contributed by atoms with Gasteiger partial charge >= 0.3 is 0 Å². The zero-order valence-corrected chi connectivity index (χ0v) is 16.0. The Morgan fingerprint density at radius 2 is 2.04 bits per heavy atom. The third-order valence-corrected chi connectivity index (χ3v) is 5.41. The van der Waals surface area contributed by atoms with Crippen LogP contribution in [-0.2, 0) is 0 Å². The molecule has 0 spiro atoms. The minimum absolute atomic E-state index is 0.0549. The van der Waals surface area contributed by atoms with Crippen molar-refractivity contribution in [2.24, 2.45) is 4.99 Å². The number of hydrogen-bond acceptors (Lipinski definition) is 4. The molecule has 1 heterocycles. The molecule has 0 N–H and O–H groups in total. The predicted molar refractivity (Wildman–Crippen MR) is 107 cm³/mol. The summed E-state index contributed by atoms with van der Waals surface area (Å²) in [7, 11) is 2.15. The molecule has 0 aromatic heterocycles. The second-order valence-electron chi connectivity index (χ2n) is 7.78. The van der Waals surface area contributed by atoms with Crippen LogP contribution in [-0.4, -0.2) is 23.7 Å². The van der Waals surface area contributed by atoms with E-state index in [0.29, 0.717) is 11.6 Å². The molecule has 1 unspecified atom stereocenters. The van der Waals surface area contributed by atoms with Crippen molar-refractivity contribution in [3.63, 3.8) is 0 Å². The highest BCUT2D eigenvalue weighted by Crippen LogP contribution is 2.43. The van der Waals surface area contributed by atoms with Crippen molar-refractivity contribution in [3.05, 3.63) is 63.2 Å². The van der Waals surface area contributed by atoms with Gasteiger partial charge in [0.2, 0.25) is 0 Å². The number of fused-ring (bicyclic) bond motifs is 1. The van der Waals surface area contributed by atoms with Gasteiger partial charge in [-0.2, -0.15) is 0 Å². The van der Waals surface area contributed by atoms with Gasteiger partial charge in [-0.1, -0.05) is 13.0 Å². The van der Waals surface area contributed by atoms with E-state index in [1.807, 2.05) is 0 Å². The third kappa shape index (κ3) is 3.34. The van der Waals surface area contributed by atoms with Crippen LogP contribution >= 0.6 is 0 Å². The molecule has 2 aromatic rings. The molecule has 1 atom stereocenters. The Bertz CT molecular complexity index is 887. The minimum atomic E-state index is -0.400. The van der Waals surface area contributed by atoms with Crippen molar-refractivity contribution in [1.82, 2.24) is 0 Å². The topological polar surface area (TPSA) is 58.7 Å². The van der Waals surface area contributed by atoms with Gasteiger partial charge in [-0.05, 0) is 68.0 Å². The Kier molecular flexibility index (Phi) is 4.57. The van der Waals surface area contributed by atoms with E-state index in [-0.39, 0.29) is 11.2 Å². The number of hydrogen-bond donors (Lipinski definition) is 0. The van der Waals surface area contributed by atoms with Crippen LogP contribution in [0.3, 0.4) is 0 Å². The molecule has 0 saturated carbocycles. The summed E-state index contributed by atoms with van der Waals surface area (Å²) < 4.78 is 0. The summed E-state index contributed by atoms with van der Waals surface area (Å²) in [6.07, 6.45) is 2.90. The maximum absolute atomic E-state index is 10.9. The maximum Gasteiger partial charge on any atom is 0.271 e. The summed E-state index contributed by atoms with van der Waals surface area (Å²) in [5, 5.41) is 10.9. The lowest BCUT2D eigenvalue weighted by Gasteiger charge is -2.45. The van der Waals surface area contributed by atoms with Crippen molar-refractivity contribution >= 4 is 23.3 Å². The molecule has 5 nitrogen and oxygen atoms in total. The number of rotatable bonds is 3. The fourth-order valence-corrected chi connectivity index (χ4v) is 3.70. The Balaban J connectivity index is 1.97. The van der Waals surface area contributed by atoms with Gasteiger partial charge < -0.3 is 4.90 Å². The Labute approximate surface area is 154 Å². The normalized spacial score (nSPS) is 18.8. The highest BCUT2D eigenvalue weighted by Gasteiger charge is 2.34. The van der Waals surface area contributed by atoms with Crippen LogP contribution in [0.25, 0.3) is 0 Å². The van der Waals surface area contributed by atoms with E-state index in [2.05, 4.69) is 56.8 Å². The summed E-state index contributed by atoms with van der Waals surface area (Å²) in [4.78, 5) is 17.3. The smallest absolute Gasteiger partial charge is 0.271 e. The van der Waals surface area contributed by atoms with Crippen LogP contribution in [0.5, 0.6) is 0 Å². The number of nitro benzene ring substituents is 1. The van der Waals surface area contributed by atoms with Crippen LogP contribution < -0.4 is 4.90 Å². The third-order valence-electron chi connectivity index (χ3n) is 5.41. The maximum atomic E-state index is 10.9. The second-order valence-corrected chi connectivity index (χ2v) is 7.78. The zero-order valence-electron chi connectivity index (χ0n) is 16.0. The van der Waals surface area contributed by atoms with E-state index in [1.165, 1.54) is 23.4 Å². The largest absolute Gasteiger partial charge is 0.369 e. The first-order valence-electron chi connectivity index (χ1n) is 8.86. The Morgan fingerprint density at radius 3 is 2.73 bits per heavy atom. The molecule has 136 valence electrons. The van der Waals surface area contributed by atoms with Crippen molar-refractivity contribution < 1.29 is 4.92 Å². The van der Waals surface area contributed by atoms with Crippen LogP contribution in [0, 0.1) is 17.0 Å². The molecule has 3 rings (SSSR count). The average molecular weight is 351 g/mol. The lowest BCUT2D eigenvalue weighted by Crippen LogP contribution is -2.45. The second kappa shape index (κ2) is 6.56. The molecule has 5 heteroatoms. The van der Waals surface area contributed by atoms with Crippen molar-refractivity contribution in [2.75, 3.05) is 11.9 Å². The first-order chi connectivity index (χ1) is 12.2. The van der Waals surface area contributed by atoms with Crippen LogP contribution in [0.1, 0.15) is 49.8 Å². The van der Waals surface area contributed by atoms with E-state index >= 15 is 0 Å². The van der Waals surface area contributed by atoms with Gasteiger partial charge in [0, 0.05) is 36.6 Å². The van der Waals surface area contributed by atoms with Gasteiger partial charge in [0.15, 0.2) is 0 Å². The highest BCUT2D eigenvalue weighted by atomic mass is 16.6. The standard InChI is InChI=1S/C21H25N3O2/c1-14-9-20-19(15(2)12-21(3,4)23(20)5)10-16(14)13-22-17-7-6-8-18(11-17)24(25)26/h6-11,13,15H,12H2,1-5H3. The summed E-state index contributed by atoms with van der Waals surface area (Å²) in [6.45, 7) is 8.90. The summed E-state index contributed by atoms with van der Waals surface area (Å²) in [5.41, 5.74) is 5.58. The van der Waals surface area contributed by atoms with Gasteiger partial charge in [-0.15, -0.1) is 0 Å². The number of nitrogens with zero attached hydrogens (tertiary/aromatic N) is 3. The minimum Gasteiger partial charge on any atom is -0.369 e. The molecule has 1 aliphatic rings. The molecule has 26 heavy (non-hydrogen) atoms. The van der Waals surface area contributed by atoms with Gasteiger partial charge in [0.25, 0.3) is 5.69 Å². The molecule has 1 aliphatic heterocycles. The van der Waals surface area contributed by atoms with Crippen molar-refractivity contribution in [1.29, 1.82) is 0 Å². The molecule has 0 radical (unpaired) electrons. The van der Waals surface area contributed by atoms with E-state index in [1.54, 1.807) is 18.3 Å². The quantitative estimate of drug-likeness (QED) is 0.424. The molecule has 0 fully saturated rings.